The average Bonchev–Trinajstić information content (AvgIpc) is 2.78. The number of rotatable bonds is 0. The first-order chi connectivity index (χ1) is 9.55. The minimum absolute atomic E-state index is 0. The summed E-state index contributed by atoms with van der Waals surface area (Å²) in [6.07, 6.45) is 3.50. The van der Waals surface area contributed by atoms with Gasteiger partial charge in [-0.15, -0.1) is 0 Å². The monoisotopic (exact) mass is 301 g/mol. The van der Waals surface area contributed by atoms with Gasteiger partial charge in [-0.2, -0.15) is 0 Å². The third kappa shape index (κ3) is 2.13. The second-order valence-corrected chi connectivity index (χ2v) is 6.85. The first-order valence-electron chi connectivity index (χ1n) is 7.40. The quantitative estimate of drug-likeness (QED) is 0.613. The molecule has 0 fully saturated rings. The Labute approximate surface area is 131 Å². The molecule has 3 aromatic rings. The number of para-hydroxylation sites is 1. The number of benzene rings is 1. The summed E-state index contributed by atoms with van der Waals surface area (Å²) in [7, 11) is 0. The lowest BCUT2D eigenvalue weighted by molar-refractivity contribution is -0.401. The van der Waals surface area contributed by atoms with Crippen molar-refractivity contribution in [2.75, 3.05) is 0 Å². The molecule has 0 saturated heterocycles. The molecule has 110 valence electrons. The van der Waals surface area contributed by atoms with Gasteiger partial charge < -0.3 is 16.8 Å². The largest absolute Gasteiger partial charge is 1.00 e. The molecule has 0 bridgehead atoms. The number of H-pyrrole nitrogens is 1. The maximum atomic E-state index is 6.07. The fourth-order valence-corrected chi connectivity index (χ4v) is 3.58. The van der Waals surface area contributed by atoms with Crippen molar-refractivity contribution >= 4 is 21.9 Å². The van der Waals surface area contributed by atoms with Crippen molar-refractivity contribution in [3.05, 3.63) is 41.2 Å². The standard InChI is InChI=1S/C18H19NO.ClH/c1-11-17-16(13-6-4-5-7-15(13)20-17)12-8-9-18(2,3)10-14(12)19-11;/h4-7H,8-10H2,1-3H3;1H. The van der Waals surface area contributed by atoms with Crippen molar-refractivity contribution in [3.63, 3.8) is 0 Å². The van der Waals surface area contributed by atoms with Crippen LogP contribution in [0.15, 0.2) is 28.7 Å². The second-order valence-electron chi connectivity index (χ2n) is 6.85. The molecule has 0 unspecified atom stereocenters. The average molecular weight is 302 g/mol. The molecule has 0 radical (unpaired) electrons. The molecular weight excluding hydrogens is 282 g/mol. The molecule has 0 aliphatic heterocycles. The van der Waals surface area contributed by atoms with Crippen molar-refractivity contribution in [1.29, 1.82) is 0 Å². The van der Waals surface area contributed by atoms with Crippen LogP contribution in [0.25, 0.3) is 21.9 Å². The first-order valence-corrected chi connectivity index (χ1v) is 7.40. The number of furan rings is 1. The van der Waals surface area contributed by atoms with Gasteiger partial charge in [0, 0.05) is 29.7 Å². The van der Waals surface area contributed by atoms with Crippen LogP contribution in [0, 0.1) is 12.3 Å². The summed E-state index contributed by atoms with van der Waals surface area (Å²) >= 11 is 0. The first kappa shape index (κ1) is 14.4. The van der Waals surface area contributed by atoms with Crippen LogP contribution in [0.2, 0.25) is 0 Å². The summed E-state index contributed by atoms with van der Waals surface area (Å²) in [5.41, 5.74) is 6.44. The van der Waals surface area contributed by atoms with Crippen LogP contribution in [0.5, 0.6) is 0 Å². The van der Waals surface area contributed by atoms with Gasteiger partial charge in [-0.25, -0.2) is 4.98 Å². The highest BCUT2D eigenvalue weighted by atomic mass is 35.5. The highest BCUT2D eigenvalue weighted by Crippen LogP contribution is 2.39. The maximum Gasteiger partial charge on any atom is 0.220 e. The van der Waals surface area contributed by atoms with E-state index < -0.39 is 0 Å². The van der Waals surface area contributed by atoms with Gasteiger partial charge in [0.2, 0.25) is 11.3 Å². The number of aromatic nitrogens is 1. The number of hydrogen-bond acceptors (Lipinski definition) is 1. The van der Waals surface area contributed by atoms with Crippen LogP contribution in [0.1, 0.15) is 37.2 Å². The highest BCUT2D eigenvalue weighted by molar-refractivity contribution is 6.07. The Morgan fingerprint density at radius 2 is 1.95 bits per heavy atom. The zero-order valence-corrected chi connectivity index (χ0v) is 13.5. The normalized spacial score (nSPS) is 16.7. The summed E-state index contributed by atoms with van der Waals surface area (Å²) in [5, 5.41) is 2.60. The lowest BCUT2D eigenvalue weighted by Crippen LogP contribution is -3.00. The Hall–Kier alpha value is -1.54. The summed E-state index contributed by atoms with van der Waals surface area (Å²) in [6.45, 7) is 6.83. The number of aromatic amines is 1. The molecule has 1 N–H and O–H groups in total. The molecule has 2 aromatic heterocycles. The van der Waals surface area contributed by atoms with E-state index in [-0.39, 0.29) is 12.4 Å². The third-order valence-corrected chi connectivity index (χ3v) is 4.65. The van der Waals surface area contributed by atoms with Crippen LogP contribution in [0.3, 0.4) is 0 Å². The van der Waals surface area contributed by atoms with E-state index in [4.69, 9.17) is 4.42 Å². The van der Waals surface area contributed by atoms with E-state index in [1.807, 2.05) is 6.07 Å². The van der Waals surface area contributed by atoms with Gasteiger partial charge in [-0.3, -0.25) is 0 Å². The Kier molecular flexibility index (Phi) is 3.25. The van der Waals surface area contributed by atoms with Gasteiger partial charge in [-0.1, -0.05) is 32.0 Å². The summed E-state index contributed by atoms with van der Waals surface area (Å²) in [5.74, 6) is 0. The fraction of sp³-hybridized carbons (Fsp3) is 0.389. The van der Waals surface area contributed by atoms with Crippen molar-refractivity contribution in [1.82, 2.24) is 0 Å². The van der Waals surface area contributed by atoms with E-state index in [1.54, 1.807) is 0 Å². The Bertz CT molecular complexity index is 832. The van der Waals surface area contributed by atoms with E-state index in [0.29, 0.717) is 5.41 Å². The number of aryl methyl sites for hydroxylation is 2. The van der Waals surface area contributed by atoms with Gasteiger partial charge in [0.05, 0.1) is 0 Å². The van der Waals surface area contributed by atoms with Gasteiger partial charge in [0.25, 0.3) is 0 Å². The van der Waals surface area contributed by atoms with Crippen molar-refractivity contribution in [2.24, 2.45) is 5.41 Å². The Morgan fingerprint density at radius 3 is 2.76 bits per heavy atom. The van der Waals surface area contributed by atoms with Gasteiger partial charge in [0.1, 0.15) is 5.58 Å². The minimum Gasteiger partial charge on any atom is -1.00 e. The molecule has 0 spiro atoms. The van der Waals surface area contributed by atoms with Crippen molar-refractivity contribution in [3.8, 4) is 0 Å². The summed E-state index contributed by atoms with van der Waals surface area (Å²) < 4.78 is 6.07. The molecule has 2 heterocycles. The number of pyridine rings is 1. The SMILES string of the molecule is Cc1[nH+]c2c(c3c1oc1ccccc13)CCC(C)(C)C2.[Cl-]. The molecule has 1 aromatic carbocycles. The molecule has 21 heavy (non-hydrogen) atoms. The predicted octanol–water partition coefficient (Wildman–Crippen LogP) is 1.23. The van der Waals surface area contributed by atoms with Crippen LogP contribution in [0.4, 0.5) is 0 Å². The number of fused-ring (bicyclic) bond motifs is 5. The van der Waals surface area contributed by atoms with Crippen LogP contribution >= 0.6 is 0 Å². The van der Waals surface area contributed by atoms with E-state index in [9.17, 15) is 0 Å². The molecule has 1 aliphatic rings. The molecule has 4 rings (SSSR count). The molecule has 0 atom stereocenters. The van der Waals surface area contributed by atoms with Crippen molar-refractivity contribution < 1.29 is 21.8 Å². The fourth-order valence-electron chi connectivity index (χ4n) is 3.58. The third-order valence-electron chi connectivity index (χ3n) is 4.65. The van der Waals surface area contributed by atoms with Crippen LogP contribution in [-0.4, -0.2) is 0 Å². The molecule has 0 amide bonds. The number of nitrogens with one attached hydrogen (secondary N) is 1. The molecule has 0 saturated carbocycles. The number of hydrogen-bond donors (Lipinski definition) is 0. The summed E-state index contributed by atoms with van der Waals surface area (Å²) in [4.78, 5) is 3.59. The summed E-state index contributed by atoms with van der Waals surface area (Å²) in [6, 6.07) is 8.39. The lowest BCUT2D eigenvalue weighted by Gasteiger charge is -2.28. The minimum atomic E-state index is 0. The van der Waals surface area contributed by atoms with E-state index in [1.165, 1.54) is 28.5 Å². The maximum absolute atomic E-state index is 6.07. The zero-order chi connectivity index (χ0) is 13.9. The highest BCUT2D eigenvalue weighted by Gasteiger charge is 2.33. The predicted molar refractivity (Wildman–Crippen MR) is 80.8 cm³/mol. The van der Waals surface area contributed by atoms with E-state index in [0.717, 1.165) is 29.7 Å². The second kappa shape index (κ2) is 4.74. The van der Waals surface area contributed by atoms with E-state index in [2.05, 4.69) is 44.0 Å². The molecule has 2 nitrogen and oxygen atoms in total. The Balaban J connectivity index is 0.00000132. The Morgan fingerprint density at radius 1 is 1.19 bits per heavy atom. The van der Waals surface area contributed by atoms with Crippen molar-refractivity contribution in [2.45, 2.75) is 40.0 Å². The molecule has 3 heteroatoms. The van der Waals surface area contributed by atoms with Crippen LogP contribution < -0.4 is 17.4 Å². The zero-order valence-electron chi connectivity index (χ0n) is 12.7. The van der Waals surface area contributed by atoms with Gasteiger partial charge >= 0.3 is 0 Å². The molecular formula is C18H20ClNO. The molecule has 1 aliphatic carbocycles. The number of halogens is 1. The van der Waals surface area contributed by atoms with Crippen LogP contribution in [-0.2, 0) is 12.8 Å². The lowest BCUT2D eigenvalue weighted by atomic mass is 9.75. The smallest absolute Gasteiger partial charge is 0.220 e. The van der Waals surface area contributed by atoms with E-state index >= 15 is 0 Å². The topological polar surface area (TPSA) is 27.3 Å². The van der Waals surface area contributed by atoms with Gasteiger partial charge in [0.15, 0.2) is 5.69 Å². The van der Waals surface area contributed by atoms with Gasteiger partial charge in [-0.05, 0) is 24.3 Å².